The van der Waals surface area contributed by atoms with Crippen molar-refractivity contribution in [1.82, 2.24) is 10.2 Å². The molecule has 0 atom stereocenters. The van der Waals surface area contributed by atoms with Gasteiger partial charge in [-0.3, -0.25) is 4.90 Å². The maximum Gasteiger partial charge on any atom is 0.122 e. The molecule has 2 rings (SSSR count). The van der Waals surface area contributed by atoms with Crippen molar-refractivity contribution in [1.29, 1.82) is 0 Å². The fraction of sp³-hybridized carbons (Fsp3) is 0.571. The molecule has 18 heavy (non-hydrogen) atoms. The number of benzene rings is 1. The van der Waals surface area contributed by atoms with Gasteiger partial charge in [0.05, 0.1) is 14.2 Å². The Kier molecular flexibility index (Phi) is 4.84. The largest absolute Gasteiger partial charge is 0.497 e. The van der Waals surface area contributed by atoms with Gasteiger partial charge in [-0.25, -0.2) is 0 Å². The molecule has 1 aromatic rings. The van der Waals surface area contributed by atoms with Crippen LogP contribution in [-0.4, -0.2) is 45.3 Å². The van der Waals surface area contributed by atoms with Gasteiger partial charge in [0.25, 0.3) is 0 Å². The molecule has 1 aromatic carbocycles. The molecular formula is C14H22N2O2. The van der Waals surface area contributed by atoms with Crippen molar-refractivity contribution in [3.05, 3.63) is 23.8 Å². The third kappa shape index (κ3) is 3.62. The molecule has 4 heteroatoms. The highest BCUT2D eigenvalue weighted by Gasteiger charge is 2.10. The van der Waals surface area contributed by atoms with Crippen molar-refractivity contribution >= 4 is 0 Å². The Morgan fingerprint density at radius 2 is 1.78 bits per heavy atom. The van der Waals surface area contributed by atoms with Crippen LogP contribution in [0.15, 0.2) is 18.2 Å². The summed E-state index contributed by atoms with van der Waals surface area (Å²) in [6, 6.07) is 6.08. The lowest BCUT2D eigenvalue weighted by Crippen LogP contribution is -2.27. The van der Waals surface area contributed by atoms with Gasteiger partial charge in [-0.05, 0) is 37.2 Å². The molecule has 0 aromatic heterocycles. The summed E-state index contributed by atoms with van der Waals surface area (Å²) in [4.78, 5) is 2.47. The van der Waals surface area contributed by atoms with E-state index in [1.165, 1.54) is 12.0 Å². The van der Waals surface area contributed by atoms with Crippen LogP contribution in [0.25, 0.3) is 0 Å². The maximum absolute atomic E-state index is 5.30. The molecule has 1 fully saturated rings. The molecule has 0 radical (unpaired) electrons. The zero-order valence-corrected chi connectivity index (χ0v) is 11.2. The smallest absolute Gasteiger partial charge is 0.122 e. The minimum absolute atomic E-state index is 0.859. The van der Waals surface area contributed by atoms with Gasteiger partial charge in [0.1, 0.15) is 11.5 Å². The second kappa shape index (κ2) is 6.61. The SMILES string of the molecule is COc1cc(CN2CCCNCC2)cc(OC)c1. The Morgan fingerprint density at radius 1 is 1.06 bits per heavy atom. The first-order valence-electron chi connectivity index (χ1n) is 6.47. The monoisotopic (exact) mass is 250 g/mol. The van der Waals surface area contributed by atoms with E-state index in [0.29, 0.717) is 0 Å². The van der Waals surface area contributed by atoms with E-state index in [1.54, 1.807) is 14.2 Å². The molecule has 0 unspecified atom stereocenters. The molecule has 0 amide bonds. The molecule has 1 aliphatic rings. The normalized spacial score (nSPS) is 17.2. The van der Waals surface area contributed by atoms with Gasteiger partial charge in [0, 0.05) is 25.7 Å². The molecule has 0 bridgehead atoms. The molecule has 1 saturated heterocycles. The quantitative estimate of drug-likeness (QED) is 0.878. The van der Waals surface area contributed by atoms with Crippen LogP contribution in [0, 0.1) is 0 Å². The number of methoxy groups -OCH3 is 2. The van der Waals surface area contributed by atoms with E-state index in [0.717, 1.165) is 44.2 Å². The summed E-state index contributed by atoms with van der Waals surface area (Å²) < 4.78 is 10.6. The number of hydrogen-bond donors (Lipinski definition) is 1. The number of nitrogens with one attached hydrogen (secondary N) is 1. The zero-order chi connectivity index (χ0) is 12.8. The van der Waals surface area contributed by atoms with E-state index in [-0.39, 0.29) is 0 Å². The standard InChI is InChI=1S/C14H22N2O2/c1-17-13-8-12(9-14(10-13)18-2)11-16-6-3-4-15-5-7-16/h8-10,15H,3-7,11H2,1-2H3. The van der Waals surface area contributed by atoms with Crippen LogP contribution in [0.5, 0.6) is 11.5 Å². The number of hydrogen-bond acceptors (Lipinski definition) is 4. The summed E-state index contributed by atoms with van der Waals surface area (Å²) in [7, 11) is 3.38. The molecule has 0 spiro atoms. The second-order valence-corrected chi connectivity index (χ2v) is 4.60. The Balaban J connectivity index is 2.06. The van der Waals surface area contributed by atoms with Crippen LogP contribution >= 0.6 is 0 Å². The fourth-order valence-corrected chi connectivity index (χ4v) is 2.28. The van der Waals surface area contributed by atoms with Gasteiger partial charge >= 0.3 is 0 Å². The highest BCUT2D eigenvalue weighted by atomic mass is 16.5. The van der Waals surface area contributed by atoms with Crippen LogP contribution in [0.1, 0.15) is 12.0 Å². The summed E-state index contributed by atoms with van der Waals surface area (Å²) in [6.45, 7) is 5.39. The topological polar surface area (TPSA) is 33.7 Å². The molecule has 0 saturated carbocycles. The average molecular weight is 250 g/mol. The summed E-state index contributed by atoms with van der Waals surface area (Å²) in [5, 5.41) is 3.42. The molecule has 1 N–H and O–H groups in total. The lowest BCUT2D eigenvalue weighted by atomic mass is 10.2. The van der Waals surface area contributed by atoms with Crippen molar-refractivity contribution in [2.45, 2.75) is 13.0 Å². The predicted octanol–water partition coefficient (Wildman–Crippen LogP) is 1.50. The van der Waals surface area contributed by atoms with E-state index in [9.17, 15) is 0 Å². The van der Waals surface area contributed by atoms with Gasteiger partial charge in [0.2, 0.25) is 0 Å². The average Bonchev–Trinajstić information content (AvgIpc) is 2.67. The second-order valence-electron chi connectivity index (χ2n) is 4.60. The third-order valence-electron chi connectivity index (χ3n) is 3.25. The van der Waals surface area contributed by atoms with E-state index in [1.807, 2.05) is 6.07 Å². The highest BCUT2D eigenvalue weighted by molar-refractivity contribution is 5.38. The van der Waals surface area contributed by atoms with Crippen LogP contribution in [-0.2, 0) is 6.54 Å². The molecule has 100 valence electrons. The minimum Gasteiger partial charge on any atom is -0.497 e. The molecule has 1 heterocycles. The Labute approximate surface area is 109 Å². The van der Waals surface area contributed by atoms with Gasteiger partial charge in [-0.1, -0.05) is 0 Å². The Hall–Kier alpha value is -1.26. The van der Waals surface area contributed by atoms with Crippen LogP contribution < -0.4 is 14.8 Å². The molecule has 4 nitrogen and oxygen atoms in total. The fourth-order valence-electron chi connectivity index (χ4n) is 2.28. The molecular weight excluding hydrogens is 228 g/mol. The van der Waals surface area contributed by atoms with Crippen molar-refractivity contribution < 1.29 is 9.47 Å². The number of ether oxygens (including phenoxy) is 2. The van der Waals surface area contributed by atoms with Gasteiger partial charge in [-0.15, -0.1) is 0 Å². The predicted molar refractivity (Wildman–Crippen MR) is 72.3 cm³/mol. The first-order valence-corrected chi connectivity index (χ1v) is 6.47. The Bertz CT molecular complexity index is 352. The van der Waals surface area contributed by atoms with Crippen LogP contribution in [0.2, 0.25) is 0 Å². The summed E-state index contributed by atoms with van der Waals surface area (Å²) in [5.41, 5.74) is 1.24. The van der Waals surface area contributed by atoms with Gasteiger partial charge in [0.15, 0.2) is 0 Å². The van der Waals surface area contributed by atoms with Crippen LogP contribution in [0.3, 0.4) is 0 Å². The molecule has 1 aliphatic heterocycles. The van der Waals surface area contributed by atoms with Crippen molar-refractivity contribution in [3.8, 4) is 11.5 Å². The zero-order valence-electron chi connectivity index (χ0n) is 11.2. The summed E-state index contributed by atoms with van der Waals surface area (Å²) in [6.07, 6.45) is 1.21. The van der Waals surface area contributed by atoms with Crippen LogP contribution in [0.4, 0.5) is 0 Å². The van der Waals surface area contributed by atoms with Crippen molar-refractivity contribution in [2.75, 3.05) is 40.4 Å². The lowest BCUT2D eigenvalue weighted by Gasteiger charge is -2.20. The van der Waals surface area contributed by atoms with E-state index < -0.39 is 0 Å². The minimum atomic E-state index is 0.859. The lowest BCUT2D eigenvalue weighted by molar-refractivity contribution is 0.283. The third-order valence-corrected chi connectivity index (χ3v) is 3.25. The van der Waals surface area contributed by atoms with Crippen molar-refractivity contribution in [3.63, 3.8) is 0 Å². The first-order chi connectivity index (χ1) is 8.81. The number of rotatable bonds is 4. The highest BCUT2D eigenvalue weighted by Crippen LogP contribution is 2.23. The van der Waals surface area contributed by atoms with E-state index in [4.69, 9.17) is 9.47 Å². The maximum atomic E-state index is 5.30. The van der Waals surface area contributed by atoms with Crippen molar-refractivity contribution in [2.24, 2.45) is 0 Å². The van der Waals surface area contributed by atoms with E-state index >= 15 is 0 Å². The van der Waals surface area contributed by atoms with Gasteiger partial charge < -0.3 is 14.8 Å². The first kappa shape index (κ1) is 13.2. The number of nitrogens with zero attached hydrogens (tertiary/aromatic N) is 1. The molecule has 0 aliphatic carbocycles. The Morgan fingerprint density at radius 3 is 2.44 bits per heavy atom. The summed E-state index contributed by atoms with van der Waals surface area (Å²) in [5.74, 6) is 1.72. The summed E-state index contributed by atoms with van der Waals surface area (Å²) >= 11 is 0. The van der Waals surface area contributed by atoms with E-state index in [2.05, 4.69) is 22.3 Å². The van der Waals surface area contributed by atoms with Gasteiger partial charge in [-0.2, -0.15) is 0 Å².